The topological polar surface area (TPSA) is 90.9 Å². The molecule has 168 valence electrons. The highest BCUT2D eigenvalue weighted by molar-refractivity contribution is 14.1. The molecule has 0 aromatic heterocycles. The summed E-state index contributed by atoms with van der Waals surface area (Å²) in [6.45, 7) is 15.7. The molecule has 0 fully saturated rings. The number of carbonyl (C=O) groups excluding carboxylic acids is 3. The third-order valence-corrected chi connectivity index (χ3v) is 3.66. The van der Waals surface area contributed by atoms with Gasteiger partial charge in [0.2, 0.25) is 0 Å². The van der Waals surface area contributed by atoms with Crippen LogP contribution in [0.4, 0.5) is 4.79 Å². The molecule has 0 aliphatic heterocycles. The van der Waals surface area contributed by atoms with E-state index in [1.165, 1.54) is 0 Å². The Hall–Kier alpha value is -1.32. The Balaban J connectivity index is 5.59. The molecule has 0 heterocycles. The molecular weight excluding hydrogens is 489 g/mol. The zero-order valence-electron chi connectivity index (χ0n) is 19.1. The van der Waals surface area contributed by atoms with Gasteiger partial charge < -0.3 is 19.5 Å². The first kappa shape index (κ1) is 27.7. The lowest BCUT2D eigenvalue weighted by Crippen LogP contribution is -2.47. The van der Waals surface area contributed by atoms with Crippen molar-refractivity contribution in [2.45, 2.75) is 98.0 Å². The fourth-order valence-corrected chi connectivity index (χ4v) is 2.50. The molecule has 0 aromatic rings. The average Bonchev–Trinajstić information content (AvgIpc) is 2.44. The van der Waals surface area contributed by atoms with Gasteiger partial charge in [0.25, 0.3) is 0 Å². The minimum absolute atomic E-state index is 0.0318. The maximum Gasteiger partial charge on any atom is 0.408 e. The van der Waals surface area contributed by atoms with E-state index < -0.39 is 46.8 Å². The number of halogens is 1. The first-order valence-electron chi connectivity index (χ1n) is 9.64. The molecule has 0 saturated carbocycles. The van der Waals surface area contributed by atoms with Crippen LogP contribution in [-0.2, 0) is 23.8 Å². The summed E-state index contributed by atoms with van der Waals surface area (Å²) < 4.78 is 18.0. The van der Waals surface area contributed by atoms with Crippen LogP contribution in [0.2, 0.25) is 0 Å². The lowest BCUT2D eigenvalue weighted by Gasteiger charge is -2.29. The molecule has 2 atom stereocenters. The summed E-state index contributed by atoms with van der Waals surface area (Å²) in [4.78, 5) is 37.6. The summed E-state index contributed by atoms with van der Waals surface area (Å²) >= 11 is 2.06. The first-order chi connectivity index (χ1) is 12.9. The average molecular weight is 525 g/mol. The van der Waals surface area contributed by atoms with Crippen molar-refractivity contribution in [3.05, 3.63) is 10.2 Å². The molecule has 0 aliphatic rings. The predicted molar refractivity (Wildman–Crippen MR) is 121 cm³/mol. The van der Waals surface area contributed by atoms with Gasteiger partial charge in [-0.25, -0.2) is 9.59 Å². The molecular formula is C21H36INO6. The van der Waals surface area contributed by atoms with Gasteiger partial charge in [0, 0.05) is 0 Å². The van der Waals surface area contributed by atoms with Crippen LogP contribution in [0.3, 0.4) is 0 Å². The maximum atomic E-state index is 12.7. The highest BCUT2D eigenvalue weighted by Gasteiger charge is 2.34. The van der Waals surface area contributed by atoms with E-state index in [0.29, 0.717) is 6.42 Å². The standard InChI is InChI=1S/C21H36INO6/c1-19(2,3)27-16(24)14(11-10-12-22)13-15(17(25)28-20(4,5)6)23-18(26)29-21(7,8)9/h10,12,14-15H,11,13H2,1-9H3,(H,23,26)/b12-10+/t14-,15-/m0/s1. The normalized spacial score (nSPS) is 14.8. The molecule has 7 nitrogen and oxygen atoms in total. The number of ether oxygens (including phenoxy) is 3. The van der Waals surface area contributed by atoms with E-state index in [9.17, 15) is 14.4 Å². The van der Waals surface area contributed by atoms with E-state index in [4.69, 9.17) is 14.2 Å². The Kier molecular flexibility index (Phi) is 10.7. The Labute approximate surface area is 188 Å². The summed E-state index contributed by atoms with van der Waals surface area (Å²) in [5.41, 5.74) is -2.13. The second-order valence-corrected chi connectivity index (χ2v) is 10.5. The number of alkyl carbamates (subject to hydrolysis) is 1. The minimum atomic E-state index is -1.05. The molecule has 0 bridgehead atoms. The summed E-state index contributed by atoms with van der Waals surface area (Å²) in [6.07, 6.45) is 1.46. The zero-order chi connectivity index (χ0) is 23.0. The summed E-state index contributed by atoms with van der Waals surface area (Å²) in [6, 6.07) is -1.05. The van der Waals surface area contributed by atoms with Crippen LogP contribution < -0.4 is 5.32 Å². The summed E-state index contributed by atoms with van der Waals surface area (Å²) in [5.74, 6) is -1.70. The van der Waals surface area contributed by atoms with Crippen molar-refractivity contribution in [1.82, 2.24) is 5.32 Å². The molecule has 0 spiro atoms. The third kappa shape index (κ3) is 14.3. The van der Waals surface area contributed by atoms with Crippen molar-refractivity contribution < 1.29 is 28.6 Å². The molecule has 29 heavy (non-hydrogen) atoms. The Bertz CT molecular complexity index is 596. The first-order valence-corrected chi connectivity index (χ1v) is 10.9. The highest BCUT2D eigenvalue weighted by atomic mass is 127. The molecule has 0 aromatic carbocycles. The van der Waals surface area contributed by atoms with Crippen molar-refractivity contribution in [2.75, 3.05) is 0 Å². The SMILES string of the molecule is CC(C)(C)OC(=O)N[C@@H](C[C@H](C/C=C/I)C(=O)OC(C)(C)C)C(=O)OC(C)(C)C. The second-order valence-electron chi connectivity index (χ2n) is 9.80. The van der Waals surface area contributed by atoms with Gasteiger partial charge in [-0.05, 0) is 79.2 Å². The number of hydrogen-bond donors (Lipinski definition) is 1. The van der Waals surface area contributed by atoms with E-state index in [0.717, 1.165) is 0 Å². The van der Waals surface area contributed by atoms with Crippen LogP contribution in [0.1, 0.15) is 75.2 Å². The largest absolute Gasteiger partial charge is 0.460 e. The van der Waals surface area contributed by atoms with Crippen LogP contribution in [-0.4, -0.2) is 40.9 Å². The van der Waals surface area contributed by atoms with E-state index in [2.05, 4.69) is 27.9 Å². The van der Waals surface area contributed by atoms with Crippen molar-refractivity contribution in [3.8, 4) is 0 Å². The van der Waals surface area contributed by atoms with Crippen LogP contribution in [0.5, 0.6) is 0 Å². The van der Waals surface area contributed by atoms with Gasteiger partial charge in [0.1, 0.15) is 22.8 Å². The second kappa shape index (κ2) is 11.2. The van der Waals surface area contributed by atoms with Crippen LogP contribution in [0, 0.1) is 5.92 Å². The molecule has 8 heteroatoms. The number of carbonyl (C=O) groups is 3. The van der Waals surface area contributed by atoms with Crippen LogP contribution in [0.15, 0.2) is 10.2 Å². The number of amides is 1. The number of hydrogen-bond acceptors (Lipinski definition) is 6. The van der Waals surface area contributed by atoms with Crippen LogP contribution >= 0.6 is 22.6 Å². The highest BCUT2D eigenvalue weighted by Crippen LogP contribution is 2.21. The molecule has 1 N–H and O–H groups in total. The Morgan fingerprint density at radius 1 is 0.828 bits per heavy atom. The molecule has 0 rings (SSSR count). The van der Waals surface area contributed by atoms with Crippen molar-refractivity contribution in [3.63, 3.8) is 0 Å². The number of nitrogens with one attached hydrogen (secondary N) is 1. The molecule has 0 radical (unpaired) electrons. The monoisotopic (exact) mass is 525 g/mol. The van der Waals surface area contributed by atoms with Gasteiger partial charge in [-0.15, -0.1) is 0 Å². The van der Waals surface area contributed by atoms with E-state index in [1.54, 1.807) is 66.4 Å². The van der Waals surface area contributed by atoms with Gasteiger partial charge >= 0.3 is 18.0 Å². The zero-order valence-corrected chi connectivity index (χ0v) is 21.2. The van der Waals surface area contributed by atoms with E-state index in [-0.39, 0.29) is 6.42 Å². The van der Waals surface area contributed by atoms with Crippen molar-refractivity contribution in [2.24, 2.45) is 5.92 Å². The lowest BCUT2D eigenvalue weighted by atomic mass is 9.96. The molecule has 0 aliphatic carbocycles. The predicted octanol–water partition coefficient (Wildman–Crippen LogP) is 4.91. The maximum absolute atomic E-state index is 12.7. The third-order valence-electron chi connectivity index (χ3n) is 3.15. The number of esters is 2. The Morgan fingerprint density at radius 3 is 1.69 bits per heavy atom. The quantitative estimate of drug-likeness (QED) is 0.289. The molecule has 1 amide bonds. The van der Waals surface area contributed by atoms with Gasteiger partial charge in [-0.3, -0.25) is 4.79 Å². The molecule has 0 saturated heterocycles. The van der Waals surface area contributed by atoms with Crippen molar-refractivity contribution >= 4 is 40.6 Å². The number of allylic oxidation sites excluding steroid dienone is 1. The molecule has 0 unspecified atom stereocenters. The van der Waals surface area contributed by atoms with Gasteiger partial charge in [-0.2, -0.15) is 0 Å². The fourth-order valence-electron chi connectivity index (χ4n) is 2.21. The van der Waals surface area contributed by atoms with Gasteiger partial charge in [0.05, 0.1) is 5.92 Å². The van der Waals surface area contributed by atoms with Crippen molar-refractivity contribution in [1.29, 1.82) is 0 Å². The lowest BCUT2D eigenvalue weighted by molar-refractivity contribution is -0.162. The van der Waals surface area contributed by atoms with Gasteiger partial charge in [0.15, 0.2) is 0 Å². The van der Waals surface area contributed by atoms with E-state index >= 15 is 0 Å². The van der Waals surface area contributed by atoms with E-state index in [1.807, 2.05) is 6.08 Å². The Morgan fingerprint density at radius 2 is 1.28 bits per heavy atom. The summed E-state index contributed by atoms with van der Waals surface area (Å²) in [5, 5.41) is 2.55. The fraction of sp³-hybridized carbons (Fsp3) is 0.762. The summed E-state index contributed by atoms with van der Waals surface area (Å²) in [7, 11) is 0. The smallest absolute Gasteiger partial charge is 0.408 e. The van der Waals surface area contributed by atoms with Gasteiger partial charge in [-0.1, -0.05) is 28.7 Å². The number of rotatable bonds is 7. The minimum Gasteiger partial charge on any atom is -0.460 e. The van der Waals surface area contributed by atoms with Crippen LogP contribution in [0.25, 0.3) is 0 Å².